The van der Waals surface area contributed by atoms with E-state index in [4.69, 9.17) is 0 Å². The van der Waals surface area contributed by atoms with Crippen LogP contribution in [0.15, 0.2) is 70.7 Å². The van der Waals surface area contributed by atoms with E-state index in [2.05, 4.69) is 77.1 Å². The summed E-state index contributed by atoms with van der Waals surface area (Å²) in [6, 6.07) is 18.9. The Hall–Kier alpha value is -2.80. The van der Waals surface area contributed by atoms with Crippen LogP contribution in [0.3, 0.4) is 0 Å². The van der Waals surface area contributed by atoms with Gasteiger partial charge < -0.3 is 10.2 Å². The molecule has 0 bridgehead atoms. The molecule has 2 aromatic carbocycles. The topological polar surface area (TPSA) is 45.2 Å². The Morgan fingerprint density at radius 1 is 1.00 bits per heavy atom. The van der Waals surface area contributed by atoms with Crippen LogP contribution in [0, 0.1) is 0 Å². The number of hydrogen-bond acceptors (Lipinski definition) is 5. The normalized spacial score (nSPS) is 11.1. The SMILES string of the molecule is CN(C)Cc1ccc(-c2ccccc2CNC(=O)Cc2csc(-c3ccsc3)n2)cc1. The van der Waals surface area contributed by atoms with Crippen molar-refractivity contribution in [3.05, 3.63) is 87.6 Å². The van der Waals surface area contributed by atoms with Gasteiger partial charge in [0.05, 0.1) is 12.1 Å². The molecule has 0 radical (unpaired) electrons. The predicted octanol–water partition coefficient (Wildman–Crippen LogP) is 5.46. The fourth-order valence-electron chi connectivity index (χ4n) is 3.44. The van der Waals surface area contributed by atoms with Gasteiger partial charge in [-0.15, -0.1) is 11.3 Å². The van der Waals surface area contributed by atoms with Gasteiger partial charge in [-0.2, -0.15) is 11.3 Å². The smallest absolute Gasteiger partial charge is 0.226 e. The zero-order valence-corrected chi connectivity index (χ0v) is 19.3. The van der Waals surface area contributed by atoms with Crippen molar-refractivity contribution in [2.75, 3.05) is 14.1 Å². The first-order valence-electron chi connectivity index (χ1n) is 10.1. The Morgan fingerprint density at radius 2 is 1.81 bits per heavy atom. The number of thiophene rings is 1. The predicted molar refractivity (Wildman–Crippen MR) is 130 cm³/mol. The average molecular weight is 448 g/mol. The molecule has 0 atom stereocenters. The van der Waals surface area contributed by atoms with Crippen molar-refractivity contribution in [2.24, 2.45) is 0 Å². The molecule has 0 aliphatic carbocycles. The maximum Gasteiger partial charge on any atom is 0.226 e. The van der Waals surface area contributed by atoms with E-state index in [-0.39, 0.29) is 5.91 Å². The highest BCUT2D eigenvalue weighted by atomic mass is 32.1. The summed E-state index contributed by atoms with van der Waals surface area (Å²) in [4.78, 5) is 19.3. The number of hydrogen-bond donors (Lipinski definition) is 1. The van der Waals surface area contributed by atoms with Crippen molar-refractivity contribution in [1.29, 1.82) is 0 Å². The number of thiazole rings is 1. The van der Waals surface area contributed by atoms with Gasteiger partial charge in [-0.3, -0.25) is 4.79 Å². The first-order chi connectivity index (χ1) is 15.1. The highest BCUT2D eigenvalue weighted by molar-refractivity contribution is 7.14. The fraction of sp³-hybridized carbons (Fsp3) is 0.200. The van der Waals surface area contributed by atoms with Crippen molar-refractivity contribution in [2.45, 2.75) is 19.5 Å². The summed E-state index contributed by atoms with van der Waals surface area (Å²) in [5.41, 5.74) is 6.62. The van der Waals surface area contributed by atoms with Crippen molar-refractivity contribution >= 4 is 28.6 Å². The summed E-state index contributed by atoms with van der Waals surface area (Å²) in [5, 5.41) is 10.1. The highest BCUT2D eigenvalue weighted by Crippen LogP contribution is 2.26. The second kappa shape index (κ2) is 10.0. The number of nitrogens with one attached hydrogen (secondary N) is 1. The monoisotopic (exact) mass is 447 g/mol. The molecule has 0 unspecified atom stereocenters. The lowest BCUT2D eigenvalue weighted by Gasteiger charge is -2.13. The maximum absolute atomic E-state index is 12.5. The molecule has 158 valence electrons. The molecule has 4 nitrogen and oxygen atoms in total. The molecule has 4 rings (SSSR count). The summed E-state index contributed by atoms with van der Waals surface area (Å²) in [5.74, 6) is -0.0155. The minimum Gasteiger partial charge on any atom is -0.352 e. The van der Waals surface area contributed by atoms with E-state index in [9.17, 15) is 4.79 Å². The Bertz CT molecular complexity index is 1130. The van der Waals surface area contributed by atoms with E-state index in [1.54, 1.807) is 22.7 Å². The third-order valence-corrected chi connectivity index (χ3v) is 6.54. The molecule has 0 aliphatic rings. The van der Waals surface area contributed by atoms with Gasteiger partial charge >= 0.3 is 0 Å². The molecule has 0 fully saturated rings. The van der Waals surface area contributed by atoms with Crippen LogP contribution in [0.2, 0.25) is 0 Å². The van der Waals surface area contributed by atoms with E-state index in [0.717, 1.165) is 39.5 Å². The summed E-state index contributed by atoms with van der Waals surface area (Å²) in [7, 11) is 4.14. The Labute approximate surface area is 191 Å². The van der Waals surface area contributed by atoms with Crippen LogP contribution in [0.1, 0.15) is 16.8 Å². The number of benzene rings is 2. The molecule has 2 aromatic heterocycles. The number of carbonyl (C=O) groups excluding carboxylic acids is 1. The molecule has 0 aliphatic heterocycles. The van der Waals surface area contributed by atoms with Crippen molar-refractivity contribution in [3.8, 4) is 21.7 Å². The van der Waals surface area contributed by atoms with Crippen LogP contribution in [0.25, 0.3) is 21.7 Å². The molecule has 2 heterocycles. The van der Waals surface area contributed by atoms with E-state index in [1.807, 2.05) is 22.9 Å². The van der Waals surface area contributed by atoms with Gasteiger partial charge in [0, 0.05) is 29.4 Å². The van der Waals surface area contributed by atoms with Crippen LogP contribution in [-0.2, 0) is 24.3 Å². The van der Waals surface area contributed by atoms with E-state index >= 15 is 0 Å². The third-order valence-electron chi connectivity index (χ3n) is 4.92. The van der Waals surface area contributed by atoms with E-state index in [1.165, 1.54) is 5.56 Å². The maximum atomic E-state index is 12.5. The summed E-state index contributed by atoms with van der Waals surface area (Å²) in [6.07, 6.45) is 0.294. The second-order valence-electron chi connectivity index (χ2n) is 7.70. The van der Waals surface area contributed by atoms with Crippen LogP contribution in [0.5, 0.6) is 0 Å². The van der Waals surface area contributed by atoms with Gasteiger partial charge in [-0.05, 0) is 47.8 Å². The van der Waals surface area contributed by atoms with E-state index < -0.39 is 0 Å². The summed E-state index contributed by atoms with van der Waals surface area (Å²) >= 11 is 3.23. The zero-order chi connectivity index (χ0) is 21.6. The van der Waals surface area contributed by atoms with Gasteiger partial charge in [-0.25, -0.2) is 4.98 Å². The second-order valence-corrected chi connectivity index (χ2v) is 9.34. The number of carbonyl (C=O) groups is 1. The lowest BCUT2D eigenvalue weighted by Crippen LogP contribution is -2.25. The van der Waals surface area contributed by atoms with Crippen LogP contribution in [-0.4, -0.2) is 29.9 Å². The first kappa shape index (κ1) is 21.4. The Balaban J connectivity index is 1.39. The Morgan fingerprint density at radius 3 is 2.55 bits per heavy atom. The molecule has 0 saturated carbocycles. The van der Waals surface area contributed by atoms with Gasteiger partial charge in [-0.1, -0.05) is 48.5 Å². The van der Waals surface area contributed by atoms with Crippen molar-refractivity contribution in [1.82, 2.24) is 15.2 Å². The van der Waals surface area contributed by atoms with Crippen molar-refractivity contribution < 1.29 is 4.79 Å². The molecule has 0 spiro atoms. The number of aromatic nitrogens is 1. The minimum absolute atomic E-state index is 0.0155. The van der Waals surface area contributed by atoms with Gasteiger partial charge in [0.25, 0.3) is 0 Å². The first-order valence-corrected chi connectivity index (χ1v) is 12.0. The number of amides is 1. The average Bonchev–Trinajstić information content (AvgIpc) is 3.45. The molecule has 31 heavy (non-hydrogen) atoms. The molecular weight excluding hydrogens is 422 g/mol. The van der Waals surface area contributed by atoms with Crippen molar-refractivity contribution in [3.63, 3.8) is 0 Å². The number of nitrogens with zero attached hydrogens (tertiary/aromatic N) is 2. The lowest BCUT2D eigenvalue weighted by atomic mass is 9.98. The standard InChI is InChI=1S/C25H25N3OS2/c1-28(2)15-18-7-9-19(10-8-18)23-6-4-3-5-20(23)14-26-24(29)13-22-17-31-25(27-22)21-11-12-30-16-21/h3-12,16-17H,13-15H2,1-2H3,(H,26,29). The zero-order valence-electron chi connectivity index (χ0n) is 17.7. The molecule has 4 aromatic rings. The highest BCUT2D eigenvalue weighted by Gasteiger charge is 2.11. The van der Waals surface area contributed by atoms with Crippen LogP contribution >= 0.6 is 22.7 Å². The summed E-state index contributed by atoms with van der Waals surface area (Å²) in [6.45, 7) is 1.42. The van der Waals surface area contributed by atoms with Gasteiger partial charge in [0.2, 0.25) is 5.91 Å². The summed E-state index contributed by atoms with van der Waals surface area (Å²) < 4.78 is 0. The molecular formula is C25H25N3OS2. The largest absolute Gasteiger partial charge is 0.352 e. The quantitative estimate of drug-likeness (QED) is 0.390. The van der Waals surface area contributed by atoms with E-state index in [0.29, 0.717) is 13.0 Å². The molecule has 1 N–H and O–H groups in total. The molecule has 6 heteroatoms. The van der Waals surface area contributed by atoms with Gasteiger partial charge in [0.1, 0.15) is 5.01 Å². The Kier molecular flexibility index (Phi) is 6.92. The molecule has 0 saturated heterocycles. The number of rotatable bonds is 8. The third kappa shape index (κ3) is 5.67. The minimum atomic E-state index is -0.0155. The fourth-order valence-corrected chi connectivity index (χ4v) is 4.97. The van der Waals surface area contributed by atoms with Crippen LogP contribution < -0.4 is 5.32 Å². The lowest BCUT2D eigenvalue weighted by molar-refractivity contribution is -0.120. The van der Waals surface area contributed by atoms with Crippen LogP contribution in [0.4, 0.5) is 0 Å². The van der Waals surface area contributed by atoms with Gasteiger partial charge in [0.15, 0.2) is 0 Å². The molecule has 1 amide bonds.